The van der Waals surface area contributed by atoms with Gasteiger partial charge in [0.25, 0.3) is 0 Å². The maximum atomic E-state index is 9.14. The first-order chi connectivity index (χ1) is 6.60. The molecule has 0 saturated carbocycles. The molecular formula is C11H23NO2. The van der Waals surface area contributed by atoms with Crippen LogP contribution in [0.3, 0.4) is 0 Å². The van der Waals surface area contributed by atoms with E-state index in [-0.39, 0.29) is 5.54 Å². The molecule has 1 aliphatic rings. The second-order valence-electron chi connectivity index (χ2n) is 4.83. The predicted octanol–water partition coefficient (Wildman–Crippen LogP) is 1.12. The number of nitrogens with zero attached hydrogens (tertiary/aromatic N) is 1. The highest BCUT2D eigenvalue weighted by Crippen LogP contribution is 2.30. The van der Waals surface area contributed by atoms with Crippen LogP contribution in [0.25, 0.3) is 0 Å². The first-order valence-electron chi connectivity index (χ1n) is 5.45. The summed E-state index contributed by atoms with van der Waals surface area (Å²) in [4.78, 5) is 2.46. The largest absolute Gasteiger partial charge is 0.396 e. The van der Waals surface area contributed by atoms with Crippen LogP contribution < -0.4 is 0 Å². The Morgan fingerprint density at radius 2 is 2.21 bits per heavy atom. The van der Waals surface area contributed by atoms with Crippen molar-refractivity contribution in [2.24, 2.45) is 5.92 Å². The molecule has 3 heteroatoms. The number of hydrogen-bond donors (Lipinski definition) is 1. The van der Waals surface area contributed by atoms with Crippen molar-refractivity contribution in [2.75, 3.05) is 33.4 Å². The van der Waals surface area contributed by atoms with Crippen LogP contribution in [0.1, 0.15) is 26.7 Å². The zero-order chi connectivity index (χ0) is 10.6. The summed E-state index contributed by atoms with van der Waals surface area (Å²) in [6.45, 7) is 7.73. The monoisotopic (exact) mass is 201 g/mol. The van der Waals surface area contributed by atoms with Crippen LogP contribution in [0.5, 0.6) is 0 Å². The minimum absolute atomic E-state index is 0.212. The normalized spacial score (nSPS) is 27.9. The van der Waals surface area contributed by atoms with Crippen LogP contribution in [-0.2, 0) is 4.74 Å². The minimum Gasteiger partial charge on any atom is -0.396 e. The van der Waals surface area contributed by atoms with Gasteiger partial charge in [0.2, 0.25) is 0 Å². The lowest BCUT2D eigenvalue weighted by atomic mass is 9.83. The molecule has 1 fully saturated rings. The van der Waals surface area contributed by atoms with Crippen molar-refractivity contribution in [3.8, 4) is 0 Å². The van der Waals surface area contributed by atoms with E-state index in [9.17, 15) is 0 Å². The average Bonchev–Trinajstić information content (AvgIpc) is 2.15. The van der Waals surface area contributed by atoms with Crippen molar-refractivity contribution in [1.82, 2.24) is 4.90 Å². The van der Waals surface area contributed by atoms with Gasteiger partial charge in [-0.25, -0.2) is 0 Å². The molecule has 1 saturated heterocycles. The molecule has 84 valence electrons. The topological polar surface area (TPSA) is 32.7 Å². The number of ether oxygens (including phenoxy) is 1. The van der Waals surface area contributed by atoms with Crippen molar-refractivity contribution in [2.45, 2.75) is 32.2 Å². The van der Waals surface area contributed by atoms with E-state index in [1.54, 1.807) is 7.11 Å². The number of rotatable bonds is 4. The molecule has 0 bridgehead atoms. The molecule has 0 amide bonds. The molecule has 0 aromatic rings. The Bertz CT molecular complexity index is 171. The fraction of sp³-hybridized carbons (Fsp3) is 1.00. The van der Waals surface area contributed by atoms with Gasteiger partial charge in [-0.1, -0.05) is 0 Å². The highest BCUT2D eigenvalue weighted by atomic mass is 16.5. The Kier molecular flexibility index (Phi) is 4.35. The molecular weight excluding hydrogens is 178 g/mol. The van der Waals surface area contributed by atoms with Crippen LogP contribution in [0.4, 0.5) is 0 Å². The van der Waals surface area contributed by atoms with Crippen molar-refractivity contribution >= 4 is 0 Å². The molecule has 0 aromatic heterocycles. The van der Waals surface area contributed by atoms with Crippen molar-refractivity contribution in [3.05, 3.63) is 0 Å². The van der Waals surface area contributed by atoms with Crippen molar-refractivity contribution < 1.29 is 9.84 Å². The number of methoxy groups -OCH3 is 1. The molecule has 1 N–H and O–H groups in total. The number of likely N-dealkylation sites (tertiary alicyclic amines) is 1. The number of piperidine rings is 1. The zero-order valence-electron chi connectivity index (χ0n) is 9.62. The van der Waals surface area contributed by atoms with Crippen molar-refractivity contribution in [1.29, 1.82) is 0 Å². The van der Waals surface area contributed by atoms with E-state index in [0.717, 1.165) is 32.5 Å². The minimum atomic E-state index is 0.212. The summed E-state index contributed by atoms with van der Waals surface area (Å²) < 4.78 is 5.10. The summed E-state index contributed by atoms with van der Waals surface area (Å²) in [5.74, 6) is 0.490. The summed E-state index contributed by atoms with van der Waals surface area (Å²) in [6, 6.07) is 0. The van der Waals surface area contributed by atoms with Gasteiger partial charge in [0.1, 0.15) is 0 Å². The van der Waals surface area contributed by atoms with Gasteiger partial charge in [-0.05, 0) is 39.2 Å². The van der Waals surface area contributed by atoms with Gasteiger partial charge in [-0.2, -0.15) is 0 Å². The molecule has 14 heavy (non-hydrogen) atoms. The van der Waals surface area contributed by atoms with E-state index in [0.29, 0.717) is 12.5 Å². The lowest BCUT2D eigenvalue weighted by molar-refractivity contribution is 0.0113. The Morgan fingerprint density at radius 1 is 1.50 bits per heavy atom. The fourth-order valence-corrected chi connectivity index (χ4v) is 2.35. The zero-order valence-corrected chi connectivity index (χ0v) is 9.62. The van der Waals surface area contributed by atoms with Gasteiger partial charge in [-0.15, -0.1) is 0 Å². The summed E-state index contributed by atoms with van der Waals surface area (Å²) >= 11 is 0. The summed E-state index contributed by atoms with van der Waals surface area (Å²) in [5.41, 5.74) is 0.212. The molecule has 0 radical (unpaired) electrons. The molecule has 3 nitrogen and oxygen atoms in total. The number of hydrogen-bond acceptors (Lipinski definition) is 3. The average molecular weight is 201 g/mol. The standard InChI is InChI=1S/C11H23NO2/c1-11(2)8-10(9-13)4-5-12(11)6-7-14-3/h10,13H,4-9H2,1-3H3. The van der Waals surface area contributed by atoms with Crippen LogP contribution >= 0.6 is 0 Å². The van der Waals surface area contributed by atoms with Gasteiger partial charge in [0, 0.05) is 25.8 Å². The van der Waals surface area contributed by atoms with E-state index in [4.69, 9.17) is 9.84 Å². The molecule has 1 heterocycles. The third-order valence-electron chi connectivity index (χ3n) is 3.28. The maximum Gasteiger partial charge on any atom is 0.0589 e. The van der Waals surface area contributed by atoms with E-state index < -0.39 is 0 Å². The summed E-state index contributed by atoms with van der Waals surface area (Å²) in [6.07, 6.45) is 2.21. The van der Waals surface area contributed by atoms with Gasteiger partial charge in [0.05, 0.1) is 6.61 Å². The number of aliphatic hydroxyl groups excluding tert-OH is 1. The van der Waals surface area contributed by atoms with E-state index in [1.165, 1.54) is 0 Å². The smallest absolute Gasteiger partial charge is 0.0589 e. The SMILES string of the molecule is COCCN1CCC(CO)CC1(C)C. The molecule has 1 aliphatic heterocycles. The van der Waals surface area contributed by atoms with Gasteiger partial charge >= 0.3 is 0 Å². The molecule has 1 unspecified atom stereocenters. The lowest BCUT2D eigenvalue weighted by Gasteiger charge is -2.45. The Morgan fingerprint density at radius 3 is 2.71 bits per heavy atom. The van der Waals surface area contributed by atoms with Gasteiger partial charge in [0.15, 0.2) is 0 Å². The van der Waals surface area contributed by atoms with Gasteiger partial charge in [-0.3, -0.25) is 4.90 Å². The third-order valence-corrected chi connectivity index (χ3v) is 3.28. The van der Waals surface area contributed by atoms with E-state index in [2.05, 4.69) is 18.7 Å². The third kappa shape index (κ3) is 2.94. The maximum absolute atomic E-state index is 9.14. The molecule has 0 aliphatic carbocycles. The van der Waals surface area contributed by atoms with E-state index in [1.807, 2.05) is 0 Å². The quantitative estimate of drug-likeness (QED) is 0.739. The van der Waals surface area contributed by atoms with Crippen LogP contribution in [-0.4, -0.2) is 49.0 Å². The Labute approximate surface area is 87.1 Å². The highest BCUT2D eigenvalue weighted by Gasteiger charge is 2.33. The first kappa shape index (κ1) is 12.0. The highest BCUT2D eigenvalue weighted by molar-refractivity contribution is 4.88. The lowest BCUT2D eigenvalue weighted by Crippen LogP contribution is -2.51. The molecule has 1 rings (SSSR count). The Balaban J connectivity index is 2.45. The second kappa shape index (κ2) is 5.10. The van der Waals surface area contributed by atoms with Crippen LogP contribution in [0.15, 0.2) is 0 Å². The fourth-order valence-electron chi connectivity index (χ4n) is 2.35. The molecule has 0 spiro atoms. The molecule has 1 atom stereocenters. The van der Waals surface area contributed by atoms with Crippen LogP contribution in [0.2, 0.25) is 0 Å². The predicted molar refractivity (Wildman–Crippen MR) is 57.3 cm³/mol. The first-order valence-corrected chi connectivity index (χ1v) is 5.45. The Hall–Kier alpha value is -0.120. The van der Waals surface area contributed by atoms with Crippen molar-refractivity contribution in [3.63, 3.8) is 0 Å². The second-order valence-corrected chi connectivity index (χ2v) is 4.83. The van der Waals surface area contributed by atoms with Gasteiger partial charge < -0.3 is 9.84 Å². The summed E-state index contributed by atoms with van der Waals surface area (Å²) in [5, 5.41) is 9.14. The molecule has 0 aromatic carbocycles. The number of aliphatic hydroxyl groups is 1. The summed E-state index contributed by atoms with van der Waals surface area (Å²) in [7, 11) is 1.74. The van der Waals surface area contributed by atoms with E-state index >= 15 is 0 Å². The van der Waals surface area contributed by atoms with Crippen LogP contribution in [0, 0.1) is 5.92 Å².